The Morgan fingerprint density at radius 1 is 1.73 bits per heavy atom. The lowest BCUT2D eigenvalue weighted by Crippen LogP contribution is -2.25. The van der Waals surface area contributed by atoms with E-state index in [9.17, 15) is 4.79 Å². The van der Waals surface area contributed by atoms with Gasteiger partial charge in [-0.2, -0.15) is 5.21 Å². The minimum absolute atomic E-state index is 0.0819. The summed E-state index contributed by atoms with van der Waals surface area (Å²) >= 11 is 0. The smallest absolute Gasteiger partial charge is 0.292 e. The summed E-state index contributed by atoms with van der Waals surface area (Å²) in [6.07, 6.45) is 0.892. The maximum Gasteiger partial charge on any atom is 0.292 e. The lowest BCUT2D eigenvalue weighted by Gasteiger charge is -1.96. The maximum atomic E-state index is 11.0. The van der Waals surface area contributed by atoms with E-state index in [2.05, 4.69) is 25.9 Å². The van der Waals surface area contributed by atoms with E-state index in [4.69, 9.17) is 0 Å². The lowest BCUT2D eigenvalue weighted by atomic mass is 10.4. The number of rotatable bonds is 3. The normalized spacial score (nSPS) is 9.55. The van der Waals surface area contributed by atoms with Crippen molar-refractivity contribution in [2.75, 3.05) is 6.54 Å². The van der Waals surface area contributed by atoms with Gasteiger partial charge in [-0.1, -0.05) is 6.92 Å². The summed E-state index contributed by atoms with van der Waals surface area (Å²) in [5.74, 6) is -0.209. The van der Waals surface area contributed by atoms with Crippen molar-refractivity contribution < 1.29 is 4.79 Å². The Kier molecular flexibility index (Phi) is 2.53. The molecule has 0 fully saturated rings. The van der Waals surface area contributed by atoms with Crippen molar-refractivity contribution in [2.45, 2.75) is 13.3 Å². The summed E-state index contributed by atoms with van der Waals surface area (Å²) in [6, 6.07) is 0. The highest BCUT2D eigenvalue weighted by atomic mass is 16.2. The third-order valence-corrected chi connectivity index (χ3v) is 1.08. The average Bonchev–Trinajstić information content (AvgIpc) is 2.52. The molecule has 60 valence electrons. The van der Waals surface area contributed by atoms with Gasteiger partial charge in [0, 0.05) is 6.54 Å². The van der Waals surface area contributed by atoms with Crippen LogP contribution in [0.5, 0.6) is 0 Å². The number of nitrogens with one attached hydrogen (secondary N) is 2. The van der Waals surface area contributed by atoms with Crippen LogP contribution in [-0.2, 0) is 0 Å². The van der Waals surface area contributed by atoms with Gasteiger partial charge in [0.25, 0.3) is 11.7 Å². The predicted molar refractivity (Wildman–Crippen MR) is 36.8 cm³/mol. The number of tetrazole rings is 1. The highest BCUT2D eigenvalue weighted by Crippen LogP contribution is 1.82. The Balaban J connectivity index is 2.43. The molecule has 0 unspecified atom stereocenters. The number of aromatic amines is 1. The summed E-state index contributed by atoms with van der Waals surface area (Å²) in [6.45, 7) is 2.60. The Labute approximate surface area is 63.4 Å². The van der Waals surface area contributed by atoms with Crippen molar-refractivity contribution in [3.8, 4) is 0 Å². The molecule has 1 aromatic rings. The zero-order valence-corrected chi connectivity index (χ0v) is 6.16. The third kappa shape index (κ3) is 1.99. The van der Waals surface area contributed by atoms with E-state index < -0.39 is 0 Å². The van der Waals surface area contributed by atoms with Crippen LogP contribution in [0.15, 0.2) is 0 Å². The topological polar surface area (TPSA) is 83.6 Å². The molecule has 1 amide bonds. The Morgan fingerprint density at radius 3 is 3.09 bits per heavy atom. The first kappa shape index (κ1) is 7.64. The van der Waals surface area contributed by atoms with E-state index in [0.29, 0.717) is 6.54 Å². The van der Waals surface area contributed by atoms with Crippen molar-refractivity contribution in [2.24, 2.45) is 0 Å². The fourth-order valence-corrected chi connectivity index (χ4v) is 0.576. The van der Waals surface area contributed by atoms with Crippen molar-refractivity contribution in [1.29, 1.82) is 0 Å². The van der Waals surface area contributed by atoms with Crippen LogP contribution in [0.25, 0.3) is 0 Å². The van der Waals surface area contributed by atoms with Crippen molar-refractivity contribution >= 4 is 5.91 Å². The summed E-state index contributed by atoms with van der Waals surface area (Å²) in [5, 5.41) is 15.1. The van der Waals surface area contributed by atoms with Gasteiger partial charge in [-0.25, -0.2) is 0 Å². The van der Waals surface area contributed by atoms with Crippen LogP contribution < -0.4 is 5.32 Å². The van der Waals surface area contributed by atoms with Crippen LogP contribution in [0.2, 0.25) is 0 Å². The summed E-state index contributed by atoms with van der Waals surface area (Å²) < 4.78 is 0. The summed E-state index contributed by atoms with van der Waals surface area (Å²) in [7, 11) is 0. The molecular formula is C5H9N5O. The minimum Gasteiger partial charge on any atom is -0.349 e. The number of hydrogen-bond acceptors (Lipinski definition) is 4. The molecule has 6 nitrogen and oxygen atoms in total. The van der Waals surface area contributed by atoms with Crippen LogP contribution in [0, 0.1) is 0 Å². The van der Waals surface area contributed by atoms with Gasteiger partial charge in [0.2, 0.25) is 0 Å². The molecule has 0 saturated heterocycles. The van der Waals surface area contributed by atoms with E-state index >= 15 is 0 Å². The lowest BCUT2D eigenvalue weighted by molar-refractivity contribution is 0.0943. The van der Waals surface area contributed by atoms with Crippen LogP contribution in [0.3, 0.4) is 0 Å². The predicted octanol–water partition coefficient (Wildman–Crippen LogP) is -0.661. The van der Waals surface area contributed by atoms with Crippen molar-refractivity contribution in [1.82, 2.24) is 25.9 Å². The van der Waals surface area contributed by atoms with Gasteiger partial charge >= 0.3 is 0 Å². The second kappa shape index (κ2) is 3.65. The molecule has 0 atom stereocenters. The first-order chi connectivity index (χ1) is 5.34. The van der Waals surface area contributed by atoms with Crippen LogP contribution >= 0.6 is 0 Å². The Morgan fingerprint density at radius 2 is 2.55 bits per heavy atom. The summed E-state index contributed by atoms with van der Waals surface area (Å²) in [4.78, 5) is 11.0. The number of nitrogens with zero attached hydrogens (tertiary/aromatic N) is 3. The van der Waals surface area contributed by atoms with Gasteiger partial charge in [0.15, 0.2) is 0 Å². The molecule has 0 aliphatic rings. The number of carbonyl (C=O) groups is 1. The Bertz CT molecular complexity index is 219. The first-order valence-electron chi connectivity index (χ1n) is 3.36. The van der Waals surface area contributed by atoms with Gasteiger partial charge in [-0.05, 0) is 11.6 Å². The minimum atomic E-state index is -0.291. The fourth-order valence-electron chi connectivity index (χ4n) is 0.576. The second-order valence-electron chi connectivity index (χ2n) is 1.99. The molecule has 1 rings (SSSR count). The van der Waals surface area contributed by atoms with Crippen LogP contribution in [0.1, 0.15) is 24.0 Å². The number of H-pyrrole nitrogens is 1. The van der Waals surface area contributed by atoms with Gasteiger partial charge in [-0.15, -0.1) is 10.2 Å². The number of carbonyl (C=O) groups excluding carboxylic acids is 1. The fraction of sp³-hybridized carbons (Fsp3) is 0.600. The zero-order chi connectivity index (χ0) is 8.10. The molecule has 0 aromatic carbocycles. The molecule has 0 radical (unpaired) electrons. The monoisotopic (exact) mass is 155 g/mol. The van der Waals surface area contributed by atoms with E-state index in [0.717, 1.165) is 6.42 Å². The van der Waals surface area contributed by atoms with E-state index in [1.165, 1.54) is 0 Å². The average molecular weight is 155 g/mol. The largest absolute Gasteiger partial charge is 0.349 e. The SMILES string of the molecule is CCCNC(=O)c1nn[nH]n1. The molecule has 0 spiro atoms. The van der Waals surface area contributed by atoms with Crippen LogP contribution in [-0.4, -0.2) is 33.1 Å². The zero-order valence-electron chi connectivity index (χ0n) is 6.16. The quantitative estimate of drug-likeness (QED) is 0.607. The van der Waals surface area contributed by atoms with Crippen molar-refractivity contribution in [3.63, 3.8) is 0 Å². The van der Waals surface area contributed by atoms with Crippen LogP contribution in [0.4, 0.5) is 0 Å². The third-order valence-electron chi connectivity index (χ3n) is 1.08. The van der Waals surface area contributed by atoms with Crippen molar-refractivity contribution in [3.05, 3.63) is 5.82 Å². The highest BCUT2D eigenvalue weighted by Gasteiger charge is 2.07. The molecular weight excluding hydrogens is 146 g/mol. The van der Waals surface area contributed by atoms with Gasteiger partial charge in [-0.3, -0.25) is 4.79 Å². The molecule has 2 N–H and O–H groups in total. The molecule has 11 heavy (non-hydrogen) atoms. The molecule has 6 heteroatoms. The van der Waals surface area contributed by atoms with E-state index in [1.807, 2.05) is 6.92 Å². The van der Waals surface area contributed by atoms with Gasteiger partial charge < -0.3 is 5.32 Å². The number of hydrogen-bond donors (Lipinski definition) is 2. The molecule has 0 bridgehead atoms. The number of aromatic nitrogens is 4. The standard InChI is InChI=1S/C5H9N5O/c1-2-3-6-5(11)4-7-9-10-8-4/h2-3H2,1H3,(H,6,11)(H,7,8,9,10). The first-order valence-corrected chi connectivity index (χ1v) is 3.36. The number of amides is 1. The second-order valence-corrected chi connectivity index (χ2v) is 1.99. The molecule has 0 aliphatic carbocycles. The molecule has 1 aromatic heterocycles. The molecule has 0 aliphatic heterocycles. The van der Waals surface area contributed by atoms with E-state index in [-0.39, 0.29) is 11.7 Å². The molecule has 0 saturated carbocycles. The summed E-state index contributed by atoms with van der Waals surface area (Å²) in [5.41, 5.74) is 0. The maximum absolute atomic E-state index is 11.0. The Hall–Kier alpha value is -1.46. The van der Waals surface area contributed by atoms with E-state index in [1.54, 1.807) is 0 Å². The highest BCUT2D eigenvalue weighted by molar-refractivity contribution is 5.89. The van der Waals surface area contributed by atoms with Gasteiger partial charge in [0.05, 0.1) is 0 Å². The van der Waals surface area contributed by atoms with Gasteiger partial charge in [0.1, 0.15) is 0 Å². The molecule has 1 heterocycles.